The highest BCUT2D eigenvalue weighted by Crippen LogP contribution is 2.27. The number of anilines is 2. The summed E-state index contributed by atoms with van der Waals surface area (Å²) in [7, 11) is -3.35. The van der Waals surface area contributed by atoms with Crippen molar-refractivity contribution in [3.8, 4) is 0 Å². The smallest absolute Gasteiger partial charge is 0.242 e. The van der Waals surface area contributed by atoms with E-state index in [-0.39, 0.29) is 10.6 Å². The highest BCUT2D eigenvalue weighted by atomic mass is 79.9. The van der Waals surface area contributed by atoms with Gasteiger partial charge in [-0.3, -0.25) is 9.52 Å². The van der Waals surface area contributed by atoms with Crippen LogP contribution in [0.1, 0.15) is 24.8 Å². The van der Waals surface area contributed by atoms with E-state index in [4.69, 9.17) is 0 Å². The Bertz CT molecular complexity index is 616. The molecule has 1 amide bonds. The van der Waals surface area contributed by atoms with Gasteiger partial charge in [0.05, 0.1) is 0 Å². The molecular formula is C13H17BrN2O3S. The predicted octanol–water partition coefficient (Wildman–Crippen LogP) is 2.61. The Balaban J connectivity index is 2.24. The number of benzene rings is 1. The first kappa shape index (κ1) is 15.3. The van der Waals surface area contributed by atoms with E-state index in [9.17, 15) is 13.2 Å². The molecule has 1 aliphatic rings. The van der Waals surface area contributed by atoms with E-state index in [0.29, 0.717) is 12.1 Å². The molecule has 1 heterocycles. The number of rotatable bonds is 4. The van der Waals surface area contributed by atoms with Crippen LogP contribution in [-0.4, -0.2) is 25.5 Å². The fraction of sp³-hybridized carbons (Fsp3) is 0.462. The number of sulfonamides is 1. The van der Waals surface area contributed by atoms with E-state index in [1.54, 1.807) is 23.1 Å². The maximum absolute atomic E-state index is 11.9. The number of nitrogens with zero attached hydrogens (tertiary/aromatic N) is 1. The Kier molecular flexibility index (Phi) is 4.70. The van der Waals surface area contributed by atoms with Crippen molar-refractivity contribution in [3.63, 3.8) is 0 Å². The van der Waals surface area contributed by atoms with Crippen LogP contribution in [0.15, 0.2) is 18.2 Å². The number of carbonyl (C=O) groups is 1. The van der Waals surface area contributed by atoms with Crippen molar-refractivity contribution in [2.75, 3.05) is 20.8 Å². The van der Waals surface area contributed by atoms with Crippen molar-refractivity contribution in [2.24, 2.45) is 0 Å². The minimum absolute atomic E-state index is 0.133. The van der Waals surface area contributed by atoms with Crippen molar-refractivity contribution in [1.82, 2.24) is 0 Å². The van der Waals surface area contributed by atoms with Crippen LogP contribution in [0.25, 0.3) is 0 Å². The van der Waals surface area contributed by atoms with E-state index in [0.717, 1.165) is 30.6 Å². The fourth-order valence-electron chi connectivity index (χ4n) is 2.29. The topological polar surface area (TPSA) is 66.5 Å². The van der Waals surface area contributed by atoms with Crippen molar-refractivity contribution < 1.29 is 13.2 Å². The summed E-state index contributed by atoms with van der Waals surface area (Å²) in [6, 6.07) is 5.23. The Morgan fingerprint density at radius 3 is 2.70 bits per heavy atom. The summed E-state index contributed by atoms with van der Waals surface area (Å²) in [6.07, 6.45) is 2.53. The largest absolute Gasteiger partial charge is 0.312 e. The van der Waals surface area contributed by atoms with Gasteiger partial charge in [-0.25, -0.2) is 8.42 Å². The molecule has 0 aliphatic carbocycles. The van der Waals surface area contributed by atoms with E-state index in [1.165, 1.54) is 0 Å². The van der Waals surface area contributed by atoms with Crippen LogP contribution in [-0.2, 0) is 14.8 Å². The summed E-state index contributed by atoms with van der Waals surface area (Å²) >= 11 is 2.93. The van der Waals surface area contributed by atoms with Crippen LogP contribution in [0.4, 0.5) is 11.4 Å². The third-order valence-electron chi connectivity index (χ3n) is 3.23. The minimum Gasteiger partial charge on any atom is -0.312 e. The van der Waals surface area contributed by atoms with Gasteiger partial charge in [-0.15, -0.1) is 0 Å². The Hall–Kier alpha value is -1.08. The molecule has 110 valence electrons. The van der Waals surface area contributed by atoms with Gasteiger partial charge in [-0.2, -0.15) is 0 Å². The lowest BCUT2D eigenvalue weighted by atomic mass is 10.1. The molecule has 0 saturated carbocycles. The van der Waals surface area contributed by atoms with Gasteiger partial charge in [0.1, 0.15) is 4.66 Å². The first-order valence-corrected chi connectivity index (χ1v) is 9.18. The molecule has 20 heavy (non-hydrogen) atoms. The zero-order valence-electron chi connectivity index (χ0n) is 11.2. The van der Waals surface area contributed by atoms with Crippen LogP contribution in [0, 0.1) is 6.92 Å². The van der Waals surface area contributed by atoms with Crippen molar-refractivity contribution in [2.45, 2.75) is 26.2 Å². The monoisotopic (exact) mass is 360 g/mol. The van der Waals surface area contributed by atoms with E-state index in [2.05, 4.69) is 20.7 Å². The van der Waals surface area contributed by atoms with E-state index in [1.807, 2.05) is 6.92 Å². The second-order valence-corrected chi connectivity index (χ2v) is 7.86. The molecule has 0 unspecified atom stereocenters. The van der Waals surface area contributed by atoms with Crippen LogP contribution in [0.3, 0.4) is 0 Å². The Labute approximate surface area is 127 Å². The van der Waals surface area contributed by atoms with Gasteiger partial charge in [0.2, 0.25) is 15.9 Å². The highest BCUT2D eigenvalue weighted by molar-refractivity contribution is 9.10. The molecule has 1 aliphatic heterocycles. The molecule has 0 atom stereocenters. The summed E-state index contributed by atoms with van der Waals surface area (Å²) in [5, 5.41) is 0. The normalized spacial score (nSPS) is 16.3. The molecule has 5 nitrogen and oxygen atoms in total. The number of piperidine rings is 1. The third kappa shape index (κ3) is 3.52. The molecule has 1 saturated heterocycles. The first-order valence-electron chi connectivity index (χ1n) is 6.40. The molecule has 0 aromatic heterocycles. The Morgan fingerprint density at radius 2 is 2.10 bits per heavy atom. The molecule has 1 aromatic carbocycles. The van der Waals surface area contributed by atoms with Gasteiger partial charge in [0, 0.05) is 24.3 Å². The summed E-state index contributed by atoms with van der Waals surface area (Å²) in [5.41, 5.74) is 2.25. The number of hydrogen-bond donors (Lipinski definition) is 1. The predicted molar refractivity (Wildman–Crippen MR) is 83.7 cm³/mol. The zero-order chi connectivity index (χ0) is 14.8. The second-order valence-electron chi connectivity index (χ2n) is 4.83. The quantitative estimate of drug-likeness (QED) is 0.839. The van der Waals surface area contributed by atoms with Crippen molar-refractivity contribution >= 4 is 43.2 Å². The third-order valence-corrected chi connectivity index (χ3v) is 5.87. The molecule has 0 bridgehead atoms. The molecule has 1 fully saturated rings. The van der Waals surface area contributed by atoms with Crippen LogP contribution >= 0.6 is 15.9 Å². The van der Waals surface area contributed by atoms with Crippen molar-refractivity contribution in [3.05, 3.63) is 23.8 Å². The van der Waals surface area contributed by atoms with Crippen LogP contribution < -0.4 is 9.62 Å². The molecule has 0 radical (unpaired) electrons. The maximum atomic E-state index is 11.9. The van der Waals surface area contributed by atoms with Crippen LogP contribution in [0.2, 0.25) is 0 Å². The average Bonchev–Trinajstić information content (AvgIpc) is 2.40. The van der Waals surface area contributed by atoms with Gasteiger partial charge in [0.15, 0.2) is 0 Å². The number of halogens is 1. The average molecular weight is 361 g/mol. The van der Waals surface area contributed by atoms with Gasteiger partial charge in [0.25, 0.3) is 0 Å². The number of nitrogens with one attached hydrogen (secondary N) is 1. The molecule has 2 rings (SSSR count). The van der Waals surface area contributed by atoms with E-state index < -0.39 is 10.0 Å². The van der Waals surface area contributed by atoms with E-state index >= 15 is 0 Å². The minimum atomic E-state index is -3.35. The summed E-state index contributed by atoms with van der Waals surface area (Å²) in [6.45, 7) is 2.61. The van der Waals surface area contributed by atoms with Crippen molar-refractivity contribution in [1.29, 1.82) is 0 Å². The molecule has 1 N–H and O–H groups in total. The fourth-order valence-corrected chi connectivity index (χ4v) is 3.17. The maximum Gasteiger partial charge on any atom is 0.242 e. The lowest BCUT2D eigenvalue weighted by molar-refractivity contribution is -0.119. The molecular weight excluding hydrogens is 344 g/mol. The number of aryl methyl sites for hydroxylation is 1. The summed E-state index contributed by atoms with van der Waals surface area (Å²) in [4.78, 5) is 13.7. The second kappa shape index (κ2) is 6.13. The number of carbonyl (C=O) groups excluding carboxylic acids is 1. The lowest BCUT2D eigenvalue weighted by Gasteiger charge is -2.28. The lowest BCUT2D eigenvalue weighted by Crippen LogP contribution is -2.35. The number of amides is 1. The standard InChI is InChI=1S/C13H17BrN2O3S/c1-10-8-11(15-20(18,19)9-14)5-6-12(10)16-7-3-2-4-13(16)17/h5-6,8,15H,2-4,7,9H2,1H3. The Morgan fingerprint density at radius 1 is 1.35 bits per heavy atom. The highest BCUT2D eigenvalue weighted by Gasteiger charge is 2.21. The number of hydrogen-bond acceptors (Lipinski definition) is 3. The first-order chi connectivity index (χ1) is 9.43. The molecule has 1 aromatic rings. The van der Waals surface area contributed by atoms with Gasteiger partial charge in [-0.05, 0) is 43.5 Å². The number of alkyl halides is 1. The van der Waals surface area contributed by atoms with Gasteiger partial charge in [-0.1, -0.05) is 15.9 Å². The van der Waals surface area contributed by atoms with Crippen LogP contribution in [0.5, 0.6) is 0 Å². The summed E-state index contributed by atoms with van der Waals surface area (Å²) < 4.78 is 25.3. The molecule has 0 spiro atoms. The van der Waals surface area contributed by atoms with Gasteiger partial charge >= 0.3 is 0 Å². The zero-order valence-corrected chi connectivity index (χ0v) is 13.6. The van der Waals surface area contributed by atoms with Gasteiger partial charge < -0.3 is 4.90 Å². The SMILES string of the molecule is Cc1cc(NS(=O)(=O)CBr)ccc1N1CCCCC1=O. The molecule has 7 heteroatoms. The summed E-state index contributed by atoms with van der Waals surface area (Å²) in [5.74, 6) is 0.133.